The van der Waals surface area contributed by atoms with Gasteiger partial charge in [0.1, 0.15) is 18.0 Å². The maximum atomic E-state index is 13.5. The van der Waals surface area contributed by atoms with E-state index < -0.39 is 34.1 Å². The number of ether oxygens (including phenoxy) is 2. The normalized spacial score (nSPS) is 11.0. The fourth-order valence-electron chi connectivity index (χ4n) is 2.27. The molecule has 0 saturated carbocycles. The summed E-state index contributed by atoms with van der Waals surface area (Å²) < 4.78 is 61.5. The molecular formula is C17H18F2N2O5S. The van der Waals surface area contributed by atoms with Crippen LogP contribution in [-0.4, -0.2) is 41.3 Å². The van der Waals surface area contributed by atoms with Crippen LogP contribution < -0.4 is 19.1 Å². The van der Waals surface area contributed by atoms with Crippen LogP contribution in [0, 0.1) is 11.6 Å². The Balaban J connectivity index is 2.28. The van der Waals surface area contributed by atoms with Gasteiger partial charge in [-0.15, -0.1) is 0 Å². The van der Waals surface area contributed by atoms with E-state index in [9.17, 15) is 22.0 Å². The number of methoxy groups -OCH3 is 2. The van der Waals surface area contributed by atoms with Crippen molar-refractivity contribution in [3.05, 3.63) is 48.0 Å². The zero-order chi connectivity index (χ0) is 20.2. The predicted octanol–water partition coefficient (Wildman–Crippen LogP) is 2.39. The minimum Gasteiger partial charge on any atom is -0.497 e. The molecule has 7 nitrogen and oxygen atoms in total. The lowest BCUT2D eigenvalue weighted by atomic mass is 10.2. The lowest BCUT2D eigenvalue weighted by Crippen LogP contribution is -2.37. The third-order valence-electron chi connectivity index (χ3n) is 3.56. The molecule has 146 valence electrons. The summed E-state index contributed by atoms with van der Waals surface area (Å²) in [5.41, 5.74) is 0.0877. The van der Waals surface area contributed by atoms with Crippen molar-refractivity contribution in [2.75, 3.05) is 36.6 Å². The van der Waals surface area contributed by atoms with Crippen molar-refractivity contribution in [3.63, 3.8) is 0 Å². The number of carbonyl (C=O) groups is 1. The molecule has 2 aromatic carbocycles. The van der Waals surface area contributed by atoms with Gasteiger partial charge >= 0.3 is 0 Å². The Morgan fingerprint density at radius 3 is 2.33 bits per heavy atom. The Bertz CT molecular complexity index is 950. The van der Waals surface area contributed by atoms with E-state index in [0.717, 1.165) is 18.4 Å². The van der Waals surface area contributed by atoms with E-state index in [1.807, 2.05) is 0 Å². The maximum absolute atomic E-state index is 13.5. The molecule has 0 radical (unpaired) electrons. The number of hydrogen-bond acceptors (Lipinski definition) is 5. The fourth-order valence-corrected chi connectivity index (χ4v) is 3.12. The Labute approximate surface area is 155 Å². The van der Waals surface area contributed by atoms with Crippen molar-refractivity contribution in [1.82, 2.24) is 0 Å². The van der Waals surface area contributed by atoms with Gasteiger partial charge in [-0.25, -0.2) is 17.2 Å². The van der Waals surface area contributed by atoms with Crippen LogP contribution in [0.1, 0.15) is 0 Å². The average Bonchev–Trinajstić information content (AvgIpc) is 2.61. The molecule has 0 fully saturated rings. The van der Waals surface area contributed by atoms with Gasteiger partial charge in [-0.05, 0) is 24.3 Å². The molecule has 0 aromatic heterocycles. The summed E-state index contributed by atoms with van der Waals surface area (Å²) >= 11 is 0. The Kier molecular flexibility index (Phi) is 6.21. The molecule has 0 atom stereocenters. The monoisotopic (exact) mass is 400 g/mol. The molecule has 10 heteroatoms. The van der Waals surface area contributed by atoms with Crippen LogP contribution >= 0.6 is 0 Å². The van der Waals surface area contributed by atoms with E-state index in [0.29, 0.717) is 21.9 Å². The summed E-state index contributed by atoms with van der Waals surface area (Å²) in [7, 11) is -1.09. The van der Waals surface area contributed by atoms with Crippen LogP contribution in [0.4, 0.5) is 20.2 Å². The summed E-state index contributed by atoms with van der Waals surface area (Å²) in [4.78, 5) is 12.4. The summed E-state index contributed by atoms with van der Waals surface area (Å²) in [6, 6.07) is 7.25. The van der Waals surface area contributed by atoms with Crippen molar-refractivity contribution >= 4 is 27.3 Å². The molecule has 0 aliphatic rings. The van der Waals surface area contributed by atoms with E-state index in [2.05, 4.69) is 5.32 Å². The first-order valence-electron chi connectivity index (χ1n) is 7.60. The third kappa shape index (κ3) is 5.07. The molecule has 0 spiro atoms. The summed E-state index contributed by atoms with van der Waals surface area (Å²) in [5, 5.41) is 2.52. The van der Waals surface area contributed by atoms with Crippen LogP contribution in [-0.2, 0) is 14.8 Å². The highest BCUT2D eigenvalue weighted by Crippen LogP contribution is 2.29. The number of sulfonamides is 1. The van der Waals surface area contributed by atoms with Crippen LogP contribution in [0.15, 0.2) is 36.4 Å². The number of benzene rings is 2. The lowest BCUT2D eigenvalue weighted by molar-refractivity contribution is -0.114. The largest absolute Gasteiger partial charge is 0.497 e. The second kappa shape index (κ2) is 8.21. The highest BCUT2D eigenvalue weighted by molar-refractivity contribution is 7.92. The zero-order valence-electron chi connectivity index (χ0n) is 14.8. The number of amides is 1. The minimum atomic E-state index is -3.94. The summed E-state index contributed by atoms with van der Waals surface area (Å²) in [6.07, 6.45) is 0.855. The van der Waals surface area contributed by atoms with Gasteiger partial charge in [-0.3, -0.25) is 9.10 Å². The molecule has 2 aromatic rings. The first-order chi connectivity index (χ1) is 12.7. The molecule has 0 bridgehead atoms. The molecular weight excluding hydrogens is 382 g/mol. The maximum Gasteiger partial charge on any atom is 0.245 e. The molecule has 0 unspecified atom stereocenters. The number of carbonyl (C=O) groups excluding carboxylic acids is 1. The lowest BCUT2D eigenvalue weighted by Gasteiger charge is -2.22. The predicted molar refractivity (Wildman–Crippen MR) is 96.7 cm³/mol. The van der Waals surface area contributed by atoms with Crippen LogP contribution in [0.2, 0.25) is 0 Å². The smallest absolute Gasteiger partial charge is 0.245 e. The van der Waals surface area contributed by atoms with Crippen molar-refractivity contribution in [2.45, 2.75) is 0 Å². The van der Waals surface area contributed by atoms with Crippen LogP contribution in [0.25, 0.3) is 0 Å². The van der Waals surface area contributed by atoms with E-state index in [1.165, 1.54) is 20.3 Å². The van der Waals surface area contributed by atoms with Crippen molar-refractivity contribution in [1.29, 1.82) is 0 Å². The van der Waals surface area contributed by atoms with Gasteiger partial charge in [0.15, 0.2) is 11.6 Å². The first-order valence-corrected chi connectivity index (χ1v) is 9.45. The Morgan fingerprint density at radius 2 is 1.78 bits per heavy atom. The highest BCUT2D eigenvalue weighted by Gasteiger charge is 2.22. The molecule has 1 amide bonds. The Hall–Kier alpha value is -2.88. The van der Waals surface area contributed by atoms with Gasteiger partial charge in [0.25, 0.3) is 0 Å². The number of nitrogens with zero attached hydrogens (tertiary/aromatic N) is 1. The molecule has 0 heterocycles. The number of rotatable bonds is 7. The van der Waals surface area contributed by atoms with Gasteiger partial charge in [0.2, 0.25) is 15.9 Å². The second-order valence-electron chi connectivity index (χ2n) is 5.48. The summed E-state index contributed by atoms with van der Waals surface area (Å²) in [5.74, 6) is -2.28. The number of nitrogens with one attached hydrogen (secondary N) is 1. The molecule has 27 heavy (non-hydrogen) atoms. The topological polar surface area (TPSA) is 84.9 Å². The number of anilines is 2. The van der Waals surface area contributed by atoms with Crippen molar-refractivity contribution < 1.29 is 31.5 Å². The van der Waals surface area contributed by atoms with Gasteiger partial charge < -0.3 is 14.8 Å². The zero-order valence-corrected chi connectivity index (χ0v) is 15.6. The number of halogens is 2. The quantitative estimate of drug-likeness (QED) is 0.772. The number of hydrogen-bond donors (Lipinski definition) is 1. The van der Waals surface area contributed by atoms with E-state index in [4.69, 9.17) is 9.47 Å². The van der Waals surface area contributed by atoms with Gasteiger partial charge in [-0.2, -0.15) is 0 Å². The van der Waals surface area contributed by atoms with Gasteiger partial charge in [0.05, 0.1) is 31.9 Å². The minimum absolute atomic E-state index is 0.177. The molecule has 0 aliphatic heterocycles. The van der Waals surface area contributed by atoms with Gasteiger partial charge in [-0.1, -0.05) is 0 Å². The molecule has 2 rings (SSSR count). The van der Waals surface area contributed by atoms with E-state index >= 15 is 0 Å². The van der Waals surface area contributed by atoms with Crippen molar-refractivity contribution in [3.8, 4) is 11.5 Å². The van der Waals surface area contributed by atoms with Gasteiger partial charge in [0, 0.05) is 12.1 Å². The molecule has 1 N–H and O–H groups in total. The van der Waals surface area contributed by atoms with Crippen LogP contribution in [0.3, 0.4) is 0 Å². The standard InChI is InChI=1S/C17H18F2N2O5S/c1-25-12-5-7-16(26-2)15(9-12)20-17(22)10-21(27(3,23)24)11-4-6-13(18)14(19)8-11/h4-9H,10H2,1-3H3,(H,20,22). The summed E-state index contributed by atoms with van der Waals surface area (Å²) in [6.45, 7) is -0.649. The molecule has 0 aliphatic carbocycles. The van der Waals surface area contributed by atoms with Crippen molar-refractivity contribution in [2.24, 2.45) is 0 Å². The van der Waals surface area contributed by atoms with E-state index in [-0.39, 0.29) is 11.4 Å². The average molecular weight is 400 g/mol. The fraction of sp³-hybridized carbons (Fsp3) is 0.235. The SMILES string of the molecule is COc1ccc(OC)c(NC(=O)CN(c2ccc(F)c(F)c2)S(C)(=O)=O)c1. The second-order valence-corrected chi connectivity index (χ2v) is 7.39. The molecule has 0 saturated heterocycles. The first kappa shape index (κ1) is 20.4. The van der Waals surface area contributed by atoms with Crippen LogP contribution in [0.5, 0.6) is 11.5 Å². The Morgan fingerprint density at radius 1 is 1.07 bits per heavy atom. The highest BCUT2D eigenvalue weighted by atomic mass is 32.2. The third-order valence-corrected chi connectivity index (χ3v) is 4.70. The van der Waals surface area contributed by atoms with E-state index in [1.54, 1.807) is 12.1 Å².